The van der Waals surface area contributed by atoms with Gasteiger partial charge in [-0.15, -0.1) is 0 Å². The molecule has 0 saturated carbocycles. The maximum Gasteiger partial charge on any atom is 0.130 e. The number of aliphatic hydroxyl groups excluding tert-OH is 1. The van der Waals surface area contributed by atoms with E-state index in [0.29, 0.717) is 15.5 Å². The molecular formula is C14H12ClFOS. The molecule has 2 aromatic rings. The maximum atomic E-state index is 13.7. The molecule has 2 aromatic carbocycles. The Balaban J connectivity index is 2.41. The SMILES string of the molecule is C[C@H](O)c1c(F)cccc1Sc1ccccc1Cl. The van der Waals surface area contributed by atoms with Gasteiger partial charge in [-0.05, 0) is 31.2 Å². The first-order chi connectivity index (χ1) is 8.59. The van der Waals surface area contributed by atoms with Gasteiger partial charge in [-0.2, -0.15) is 0 Å². The van der Waals surface area contributed by atoms with Crippen LogP contribution >= 0.6 is 23.4 Å². The summed E-state index contributed by atoms with van der Waals surface area (Å²) in [6, 6.07) is 12.1. The Kier molecular flexibility index (Phi) is 4.27. The second kappa shape index (κ2) is 5.74. The standard InChI is InChI=1S/C14H12ClFOS/c1-9(17)14-11(16)6-4-8-13(14)18-12-7-3-2-5-10(12)15/h2-9,17H,1H3/t9-/m0/s1. The molecule has 4 heteroatoms. The predicted octanol–water partition coefficient (Wildman–Crippen LogP) is 4.68. The molecule has 0 heterocycles. The van der Waals surface area contributed by atoms with Crippen LogP contribution in [0.25, 0.3) is 0 Å². The Labute approximate surface area is 115 Å². The molecule has 0 fully saturated rings. The highest BCUT2D eigenvalue weighted by Gasteiger charge is 2.15. The Morgan fingerprint density at radius 2 is 1.78 bits per heavy atom. The van der Waals surface area contributed by atoms with Gasteiger partial charge < -0.3 is 5.11 Å². The minimum atomic E-state index is -0.851. The molecule has 1 nitrogen and oxygen atoms in total. The Hall–Kier alpha value is -1.03. The summed E-state index contributed by atoms with van der Waals surface area (Å²) in [5.74, 6) is -0.401. The zero-order valence-electron chi connectivity index (χ0n) is 9.73. The lowest BCUT2D eigenvalue weighted by Crippen LogP contribution is -1.98. The number of rotatable bonds is 3. The summed E-state index contributed by atoms with van der Waals surface area (Å²) in [5, 5.41) is 10.3. The van der Waals surface area contributed by atoms with Gasteiger partial charge in [0.15, 0.2) is 0 Å². The molecule has 0 aliphatic heterocycles. The fourth-order valence-electron chi connectivity index (χ4n) is 1.66. The number of halogens is 2. The van der Waals surface area contributed by atoms with Crippen LogP contribution in [0.4, 0.5) is 4.39 Å². The fraction of sp³-hybridized carbons (Fsp3) is 0.143. The molecule has 1 atom stereocenters. The molecule has 1 N–H and O–H groups in total. The van der Waals surface area contributed by atoms with Crippen molar-refractivity contribution < 1.29 is 9.50 Å². The zero-order chi connectivity index (χ0) is 13.1. The topological polar surface area (TPSA) is 20.2 Å². The van der Waals surface area contributed by atoms with Gasteiger partial charge in [0, 0.05) is 15.4 Å². The number of benzene rings is 2. The van der Waals surface area contributed by atoms with Crippen molar-refractivity contribution >= 4 is 23.4 Å². The van der Waals surface area contributed by atoms with Crippen molar-refractivity contribution in [3.63, 3.8) is 0 Å². The smallest absolute Gasteiger partial charge is 0.130 e. The van der Waals surface area contributed by atoms with Crippen molar-refractivity contribution in [3.05, 3.63) is 58.9 Å². The van der Waals surface area contributed by atoms with E-state index in [0.717, 1.165) is 4.90 Å². The van der Waals surface area contributed by atoms with E-state index in [-0.39, 0.29) is 0 Å². The molecule has 0 spiro atoms. The minimum Gasteiger partial charge on any atom is -0.389 e. The van der Waals surface area contributed by atoms with Crippen LogP contribution in [0, 0.1) is 5.82 Å². The first kappa shape index (κ1) is 13.4. The Morgan fingerprint density at radius 1 is 1.11 bits per heavy atom. The molecule has 0 radical (unpaired) electrons. The van der Waals surface area contributed by atoms with Gasteiger partial charge in [0.2, 0.25) is 0 Å². The summed E-state index contributed by atoms with van der Waals surface area (Å²) >= 11 is 7.42. The van der Waals surface area contributed by atoms with Crippen molar-refractivity contribution in [2.75, 3.05) is 0 Å². The zero-order valence-corrected chi connectivity index (χ0v) is 11.3. The Bertz CT molecular complexity index is 557. The van der Waals surface area contributed by atoms with Gasteiger partial charge in [-0.25, -0.2) is 4.39 Å². The molecule has 18 heavy (non-hydrogen) atoms. The summed E-state index contributed by atoms with van der Waals surface area (Å²) in [7, 11) is 0. The van der Waals surface area contributed by atoms with Crippen LogP contribution in [0.5, 0.6) is 0 Å². The summed E-state index contributed by atoms with van der Waals surface area (Å²) in [6.07, 6.45) is -0.851. The molecule has 0 saturated heterocycles. The van der Waals surface area contributed by atoms with Gasteiger partial charge in [-0.3, -0.25) is 0 Å². The summed E-state index contributed by atoms with van der Waals surface area (Å²) < 4.78 is 13.7. The van der Waals surface area contributed by atoms with Crippen LogP contribution in [0.3, 0.4) is 0 Å². The first-order valence-corrected chi connectivity index (χ1v) is 6.68. The van der Waals surface area contributed by atoms with E-state index in [1.807, 2.05) is 18.2 Å². The van der Waals surface area contributed by atoms with Gasteiger partial charge in [0.1, 0.15) is 5.82 Å². The van der Waals surface area contributed by atoms with Crippen LogP contribution < -0.4 is 0 Å². The van der Waals surface area contributed by atoms with E-state index in [2.05, 4.69) is 0 Å². The second-order valence-corrected chi connectivity index (χ2v) is 5.35. The van der Waals surface area contributed by atoms with Gasteiger partial charge >= 0.3 is 0 Å². The van der Waals surface area contributed by atoms with Crippen molar-refractivity contribution in [2.45, 2.75) is 22.8 Å². The third-order valence-electron chi connectivity index (χ3n) is 2.49. The molecule has 0 amide bonds. The van der Waals surface area contributed by atoms with Crippen LogP contribution in [-0.4, -0.2) is 5.11 Å². The highest BCUT2D eigenvalue weighted by molar-refractivity contribution is 7.99. The lowest BCUT2D eigenvalue weighted by molar-refractivity contribution is 0.191. The maximum absolute atomic E-state index is 13.7. The van der Waals surface area contributed by atoms with Gasteiger partial charge in [0.05, 0.1) is 11.1 Å². The average molecular weight is 283 g/mol. The van der Waals surface area contributed by atoms with Crippen molar-refractivity contribution in [2.24, 2.45) is 0 Å². The van der Waals surface area contributed by atoms with E-state index >= 15 is 0 Å². The monoisotopic (exact) mass is 282 g/mol. The van der Waals surface area contributed by atoms with Crippen molar-refractivity contribution in [1.29, 1.82) is 0 Å². The lowest BCUT2D eigenvalue weighted by Gasteiger charge is -2.13. The second-order valence-electron chi connectivity index (χ2n) is 3.86. The summed E-state index contributed by atoms with van der Waals surface area (Å²) in [6.45, 7) is 1.55. The van der Waals surface area contributed by atoms with Crippen LogP contribution in [0.2, 0.25) is 5.02 Å². The number of hydrogen-bond acceptors (Lipinski definition) is 2. The first-order valence-electron chi connectivity index (χ1n) is 5.48. The lowest BCUT2D eigenvalue weighted by atomic mass is 10.1. The summed E-state index contributed by atoms with van der Waals surface area (Å²) in [4.78, 5) is 1.52. The van der Waals surface area contributed by atoms with Gasteiger partial charge in [0.25, 0.3) is 0 Å². The molecule has 0 aliphatic carbocycles. The van der Waals surface area contributed by atoms with Crippen LogP contribution in [-0.2, 0) is 0 Å². The molecule has 0 aliphatic rings. The third-order valence-corrected chi connectivity index (χ3v) is 4.08. The molecule has 0 bridgehead atoms. The molecule has 2 rings (SSSR count). The van der Waals surface area contributed by atoms with Crippen molar-refractivity contribution in [1.82, 2.24) is 0 Å². The quantitative estimate of drug-likeness (QED) is 0.882. The number of aliphatic hydroxyl groups is 1. The van der Waals surface area contributed by atoms with E-state index < -0.39 is 11.9 Å². The van der Waals surface area contributed by atoms with Crippen LogP contribution in [0.1, 0.15) is 18.6 Å². The number of hydrogen-bond donors (Lipinski definition) is 1. The highest BCUT2D eigenvalue weighted by Crippen LogP contribution is 2.37. The van der Waals surface area contributed by atoms with E-state index in [1.54, 1.807) is 25.1 Å². The van der Waals surface area contributed by atoms with Crippen LogP contribution in [0.15, 0.2) is 52.3 Å². The largest absolute Gasteiger partial charge is 0.389 e. The molecule has 0 aromatic heterocycles. The Morgan fingerprint density at radius 3 is 2.44 bits per heavy atom. The van der Waals surface area contributed by atoms with E-state index in [1.165, 1.54) is 17.8 Å². The molecule has 0 unspecified atom stereocenters. The third kappa shape index (κ3) is 2.86. The minimum absolute atomic E-state index is 0.308. The highest BCUT2D eigenvalue weighted by atomic mass is 35.5. The predicted molar refractivity (Wildman–Crippen MR) is 72.6 cm³/mol. The molecule has 94 valence electrons. The molecular weight excluding hydrogens is 271 g/mol. The normalized spacial score (nSPS) is 12.4. The van der Waals surface area contributed by atoms with Gasteiger partial charge in [-0.1, -0.05) is 41.6 Å². The summed E-state index contributed by atoms with van der Waals surface area (Å²) in [5.41, 5.74) is 0.308. The average Bonchev–Trinajstić information content (AvgIpc) is 2.31. The van der Waals surface area contributed by atoms with E-state index in [4.69, 9.17) is 11.6 Å². The van der Waals surface area contributed by atoms with Crippen molar-refractivity contribution in [3.8, 4) is 0 Å². The fourth-order valence-corrected chi connectivity index (χ4v) is 2.98. The van der Waals surface area contributed by atoms with E-state index in [9.17, 15) is 9.50 Å².